The Hall–Kier alpha value is -0.860. The monoisotopic (exact) mass is 144 g/mol. The molecule has 0 aromatic rings. The summed E-state index contributed by atoms with van der Waals surface area (Å²) < 4.78 is 0. The van der Waals surface area contributed by atoms with E-state index in [1.807, 2.05) is 0 Å². The van der Waals surface area contributed by atoms with Crippen LogP contribution in [-0.4, -0.2) is 16.9 Å². The summed E-state index contributed by atoms with van der Waals surface area (Å²) in [6.45, 7) is 4.47. The van der Waals surface area contributed by atoms with Crippen LogP contribution in [0.25, 0.3) is 0 Å². The van der Waals surface area contributed by atoms with Gasteiger partial charge in [0.25, 0.3) is 0 Å². The van der Waals surface area contributed by atoms with E-state index in [1.54, 1.807) is 0 Å². The number of hydrogen-bond donors (Lipinski definition) is 1. The summed E-state index contributed by atoms with van der Waals surface area (Å²) >= 11 is 0. The summed E-state index contributed by atoms with van der Waals surface area (Å²) in [5, 5.41) is 8.54. The number of carbonyl (C=O) groups is 2. The van der Waals surface area contributed by atoms with Gasteiger partial charge in [-0.25, -0.2) is 0 Å². The van der Waals surface area contributed by atoms with Crippen LogP contribution in [-0.2, 0) is 9.59 Å². The Morgan fingerprint density at radius 2 is 1.80 bits per heavy atom. The fourth-order valence-corrected chi connectivity index (χ4v) is 0.698. The van der Waals surface area contributed by atoms with Crippen molar-refractivity contribution in [3.8, 4) is 0 Å². The molecule has 0 aliphatic carbocycles. The Kier molecular flexibility index (Phi) is 2.57. The van der Waals surface area contributed by atoms with E-state index in [0.717, 1.165) is 0 Å². The molecular formula is C7H12O3. The third-order valence-electron chi connectivity index (χ3n) is 1.27. The van der Waals surface area contributed by atoms with Gasteiger partial charge in [0.2, 0.25) is 0 Å². The van der Waals surface area contributed by atoms with Gasteiger partial charge in [-0.1, -0.05) is 0 Å². The fraction of sp³-hybridized carbons (Fsp3) is 0.714. The van der Waals surface area contributed by atoms with E-state index < -0.39 is 11.4 Å². The molecule has 58 valence electrons. The van der Waals surface area contributed by atoms with Gasteiger partial charge >= 0.3 is 5.97 Å². The summed E-state index contributed by atoms with van der Waals surface area (Å²) in [6, 6.07) is 0. The third-order valence-corrected chi connectivity index (χ3v) is 1.27. The van der Waals surface area contributed by atoms with Crippen LogP contribution in [0.3, 0.4) is 0 Å². The first-order valence-electron chi connectivity index (χ1n) is 3.09. The summed E-state index contributed by atoms with van der Waals surface area (Å²) in [4.78, 5) is 20.9. The molecule has 0 aliphatic heterocycles. The molecule has 0 atom stereocenters. The van der Waals surface area contributed by atoms with E-state index in [0.29, 0.717) is 0 Å². The molecule has 0 saturated carbocycles. The molecule has 0 aromatic carbocycles. The normalized spacial score (nSPS) is 11.1. The topological polar surface area (TPSA) is 54.4 Å². The number of carboxylic acids is 1. The lowest BCUT2D eigenvalue weighted by atomic mass is 9.88. The van der Waals surface area contributed by atoms with Crippen molar-refractivity contribution in [1.29, 1.82) is 0 Å². The molecule has 0 fully saturated rings. The zero-order valence-electron chi connectivity index (χ0n) is 6.47. The Morgan fingerprint density at radius 3 is 1.90 bits per heavy atom. The standard InChI is InChI=1S/C7H12O3/c1-5(8)4-7(2,3)6(9)10/h4H2,1-3H3,(H,9,10). The minimum Gasteiger partial charge on any atom is -0.481 e. The van der Waals surface area contributed by atoms with Gasteiger partial charge < -0.3 is 5.11 Å². The van der Waals surface area contributed by atoms with Crippen molar-refractivity contribution in [3.05, 3.63) is 0 Å². The molecule has 0 heterocycles. The summed E-state index contributed by atoms with van der Waals surface area (Å²) in [5.41, 5.74) is -0.911. The highest BCUT2D eigenvalue weighted by atomic mass is 16.4. The van der Waals surface area contributed by atoms with E-state index in [-0.39, 0.29) is 12.2 Å². The predicted molar refractivity (Wildman–Crippen MR) is 36.7 cm³/mol. The smallest absolute Gasteiger partial charge is 0.309 e. The van der Waals surface area contributed by atoms with Crippen molar-refractivity contribution in [2.75, 3.05) is 0 Å². The van der Waals surface area contributed by atoms with Gasteiger partial charge in [-0.3, -0.25) is 9.59 Å². The van der Waals surface area contributed by atoms with Gasteiger partial charge in [0, 0.05) is 6.42 Å². The van der Waals surface area contributed by atoms with Gasteiger partial charge in [0.15, 0.2) is 0 Å². The third kappa shape index (κ3) is 2.62. The molecule has 0 unspecified atom stereocenters. The second-order valence-corrected chi connectivity index (χ2v) is 3.07. The lowest BCUT2D eigenvalue weighted by Gasteiger charge is -2.15. The molecule has 0 aromatic heterocycles. The van der Waals surface area contributed by atoms with E-state index in [4.69, 9.17) is 5.11 Å². The average molecular weight is 144 g/mol. The molecule has 0 spiro atoms. The van der Waals surface area contributed by atoms with Crippen molar-refractivity contribution in [2.24, 2.45) is 5.41 Å². The summed E-state index contributed by atoms with van der Waals surface area (Å²) in [7, 11) is 0. The number of carbonyl (C=O) groups excluding carboxylic acids is 1. The van der Waals surface area contributed by atoms with Crippen LogP contribution in [0.15, 0.2) is 0 Å². The Balaban J connectivity index is 4.13. The first-order valence-corrected chi connectivity index (χ1v) is 3.09. The van der Waals surface area contributed by atoms with Crippen molar-refractivity contribution in [3.63, 3.8) is 0 Å². The van der Waals surface area contributed by atoms with Crippen LogP contribution in [0.5, 0.6) is 0 Å². The Labute approximate surface area is 60.0 Å². The van der Waals surface area contributed by atoms with Crippen molar-refractivity contribution in [1.82, 2.24) is 0 Å². The largest absolute Gasteiger partial charge is 0.481 e. The molecule has 0 rings (SSSR count). The molecule has 1 N–H and O–H groups in total. The number of rotatable bonds is 3. The molecule has 0 amide bonds. The number of ketones is 1. The molecule has 3 heteroatoms. The van der Waals surface area contributed by atoms with Crippen LogP contribution >= 0.6 is 0 Å². The number of aliphatic carboxylic acids is 1. The quantitative estimate of drug-likeness (QED) is 0.644. The first kappa shape index (κ1) is 9.14. The molecular weight excluding hydrogens is 132 g/mol. The molecule has 0 aliphatic rings. The van der Waals surface area contributed by atoms with Gasteiger partial charge in [0.05, 0.1) is 5.41 Å². The van der Waals surface area contributed by atoms with Crippen molar-refractivity contribution < 1.29 is 14.7 Å². The van der Waals surface area contributed by atoms with Crippen LogP contribution in [0.1, 0.15) is 27.2 Å². The molecule has 0 radical (unpaired) electrons. The molecule has 3 nitrogen and oxygen atoms in total. The van der Waals surface area contributed by atoms with Crippen molar-refractivity contribution >= 4 is 11.8 Å². The van der Waals surface area contributed by atoms with E-state index in [2.05, 4.69) is 0 Å². The lowest BCUT2D eigenvalue weighted by Crippen LogP contribution is -2.25. The maximum absolute atomic E-state index is 10.5. The summed E-state index contributed by atoms with van der Waals surface area (Å²) in [6.07, 6.45) is 0.0995. The number of carboxylic acid groups (broad SMARTS) is 1. The highest BCUT2D eigenvalue weighted by molar-refractivity contribution is 5.84. The summed E-state index contributed by atoms with van der Waals surface area (Å²) in [5.74, 6) is -1.02. The molecule has 0 saturated heterocycles. The van der Waals surface area contributed by atoms with Gasteiger partial charge in [-0.2, -0.15) is 0 Å². The maximum atomic E-state index is 10.5. The minimum absolute atomic E-state index is 0.0904. The lowest BCUT2D eigenvalue weighted by molar-refractivity contribution is -0.149. The van der Waals surface area contributed by atoms with E-state index >= 15 is 0 Å². The zero-order chi connectivity index (χ0) is 8.36. The van der Waals surface area contributed by atoms with E-state index in [9.17, 15) is 9.59 Å². The molecule has 0 bridgehead atoms. The molecule has 10 heavy (non-hydrogen) atoms. The zero-order valence-corrected chi connectivity index (χ0v) is 6.47. The van der Waals surface area contributed by atoms with Crippen LogP contribution < -0.4 is 0 Å². The van der Waals surface area contributed by atoms with Crippen LogP contribution in [0.2, 0.25) is 0 Å². The highest BCUT2D eigenvalue weighted by Crippen LogP contribution is 2.20. The fourth-order valence-electron chi connectivity index (χ4n) is 0.698. The van der Waals surface area contributed by atoms with Gasteiger partial charge in [-0.15, -0.1) is 0 Å². The van der Waals surface area contributed by atoms with Crippen LogP contribution in [0, 0.1) is 5.41 Å². The number of hydrogen-bond acceptors (Lipinski definition) is 2. The predicted octanol–water partition coefficient (Wildman–Crippen LogP) is 1.08. The number of Topliss-reactive ketones (excluding diaryl/α,β-unsaturated/α-hetero) is 1. The first-order chi connectivity index (χ1) is 4.36. The van der Waals surface area contributed by atoms with Crippen LogP contribution in [0.4, 0.5) is 0 Å². The van der Waals surface area contributed by atoms with Gasteiger partial charge in [0.1, 0.15) is 5.78 Å². The Morgan fingerprint density at radius 1 is 1.40 bits per heavy atom. The SMILES string of the molecule is CC(=O)CC(C)(C)C(=O)O. The maximum Gasteiger partial charge on any atom is 0.309 e. The van der Waals surface area contributed by atoms with Gasteiger partial charge in [-0.05, 0) is 20.8 Å². The van der Waals surface area contributed by atoms with Crippen molar-refractivity contribution in [2.45, 2.75) is 27.2 Å². The highest BCUT2D eigenvalue weighted by Gasteiger charge is 2.28. The second kappa shape index (κ2) is 2.82. The average Bonchev–Trinajstić information content (AvgIpc) is 1.60. The minimum atomic E-state index is -0.928. The van der Waals surface area contributed by atoms with E-state index in [1.165, 1.54) is 20.8 Å². The second-order valence-electron chi connectivity index (χ2n) is 3.07. The Bertz CT molecular complexity index is 158.